The van der Waals surface area contributed by atoms with Crippen molar-refractivity contribution in [2.45, 2.75) is 89.3 Å². The largest absolute Gasteiger partial charge is 0.377 e. The van der Waals surface area contributed by atoms with E-state index in [1.807, 2.05) is 30.0 Å². The van der Waals surface area contributed by atoms with E-state index in [-0.39, 0.29) is 28.7 Å². The average Bonchev–Trinajstić information content (AvgIpc) is 3.66. The summed E-state index contributed by atoms with van der Waals surface area (Å²) in [4.78, 5) is 20.6. The maximum atomic E-state index is 13.7. The van der Waals surface area contributed by atoms with Gasteiger partial charge < -0.3 is 9.26 Å². The first kappa shape index (κ1) is 30.0. The molecule has 42 heavy (non-hydrogen) atoms. The lowest BCUT2D eigenvalue weighted by atomic mass is 9.96. The number of anilines is 1. The number of unbranched alkanes of at least 4 members (excludes halogenated alkanes) is 1. The molecule has 1 fully saturated rings. The summed E-state index contributed by atoms with van der Waals surface area (Å²) in [7, 11) is 1.88. The summed E-state index contributed by atoms with van der Waals surface area (Å²) < 4.78 is 40.4. The first-order valence-electron chi connectivity index (χ1n) is 14.6. The van der Waals surface area contributed by atoms with Crippen molar-refractivity contribution in [1.29, 1.82) is 0 Å². The molecule has 220 valence electrons. The van der Waals surface area contributed by atoms with Crippen LogP contribution in [-0.4, -0.2) is 50.2 Å². The van der Waals surface area contributed by atoms with Gasteiger partial charge in [0.05, 0.1) is 18.0 Å². The molecule has 3 aromatic rings. The molecule has 1 N–H and O–H groups in total. The number of carbonyl (C=O) groups excluding carboxylic acids is 1. The number of sulfonamides is 1. The highest BCUT2D eigenvalue weighted by molar-refractivity contribution is 7.92. The molecule has 0 atom stereocenters. The summed E-state index contributed by atoms with van der Waals surface area (Å²) in [5, 5.41) is 3.75. The molecule has 1 aliphatic carbocycles. The summed E-state index contributed by atoms with van der Waals surface area (Å²) in [6.07, 6.45) is 6.46. The molecule has 2 heterocycles. The monoisotopic (exact) mass is 588 g/mol. The third-order valence-corrected chi connectivity index (χ3v) is 9.46. The maximum Gasteiger partial charge on any atom is 0.263 e. The van der Waals surface area contributed by atoms with E-state index in [1.165, 1.54) is 0 Å². The van der Waals surface area contributed by atoms with E-state index in [9.17, 15) is 13.2 Å². The van der Waals surface area contributed by atoms with Gasteiger partial charge in [0.2, 0.25) is 0 Å². The number of rotatable bonds is 12. The lowest BCUT2D eigenvalue weighted by Crippen LogP contribution is -2.40. The molecule has 11 heteroatoms. The third-order valence-electron chi connectivity index (χ3n) is 8.06. The number of hydrogen-bond donors (Lipinski definition) is 1. The molecule has 2 aromatic carbocycles. The Kier molecular flexibility index (Phi) is 8.89. The molecule has 2 aliphatic rings. The SMILES string of the molecule is [B]c1c(NS(=O)(=O)c2ccccc2-c2ccc(CN3C(=O)C4(CCCC4)N=C3CCCC)cc2COCC)noc1C. The van der Waals surface area contributed by atoms with Gasteiger partial charge in [-0.3, -0.25) is 19.4 Å². The van der Waals surface area contributed by atoms with E-state index in [0.717, 1.165) is 67.5 Å². The lowest BCUT2D eigenvalue weighted by molar-refractivity contribution is -0.131. The summed E-state index contributed by atoms with van der Waals surface area (Å²) in [6, 6.07) is 12.6. The van der Waals surface area contributed by atoms with Gasteiger partial charge in [-0.25, -0.2) is 8.42 Å². The number of aromatic nitrogens is 1. The molecule has 1 spiro atoms. The standard InChI is InChI=1S/C31H37BN4O5S/c1-4-6-13-27-33-31(16-9-10-17-31)30(37)36(27)19-22-14-15-24(23(18-22)20-40-5-2)25-11-7-8-12-26(25)42(38,39)35-29-28(32)21(3)41-34-29/h7-8,11-12,14-15,18H,4-6,9-10,13,16-17,19-20H2,1-3H3,(H,34,35). The average molecular weight is 589 g/mol. The van der Waals surface area contributed by atoms with Crippen LogP contribution in [0.4, 0.5) is 5.82 Å². The van der Waals surface area contributed by atoms with Crippen molar-refractivity contribution < 1.29 is 22.5 Å². The van der Waals surface area contributed by atoms with Crippen molar-refractivity contribution >= 4 is 40.9 Å². The van der Waals surface area contributed by atoms with Gasteiger partial charge in [-0.1, -0.05) is 67.7 Å². The number of carbonyl (C=O) groups is 1. The molecule has 5 rings (SSSR count). The number of aryl methyl sites for hydroxylation is 1. The van der Waals surface area contributed by atoms with Crippen molar-refractivity contribution in [1.82, 2.24) is 10.1 Å². The molecule has 1 amide bonds. The van der Waals surface area contributed by atoms with E-state index >= 15 is 0 Å². The normalized spacial score (nSPS) is 16.4. The third kappa shape index (κ3) is 5.90. The van der Waals surface area contributed by atoms with Gasteiger partial charge in [-0.2, -0.15) is 0 Å². The Morgan fingerprint density at radius 1 is 1.12 bits per heavy atom. The Bertz CT molecular complexity index is 1590. The predicted octanol–water partition coefficient (Wildman–Crippen LogP) is 5.02. The van der Waals surface area contributed by atoms with Crippen LogP contribution in [0.15, 0.2) is 56.9 Å². The molecular formula is C31H37BN4O5S. The molecule has 0 bridgehead atoms. The second-order valence-electron chi connectivity index (χ2n) is 11.0. The van der Waals surface area contributed by atoms with E-state index in [2.05, 4.69) is 16.8 Å². The minimum absolute atomic E-state index is 0.0527. The van der Waals surface area contributed by atoms with Crippen molar-refractivity contribution in [3.63, 3.8) is 0 Å². The minimum atomic E-state index is -4.07. The topological polar surface area (TPSA) is 114 Å². The van der Waals surface area contributed by atoms with Crippen LogP contribution in [0.1, 0.15) is 75.7 Å². The smallest absolute Gasteiger partial charge is 0.263 e. The molecule has 1 aromatic heterocycles. The van der Waals surface area contributed by atoms with E-state index in [4.69, 9.17) is 22.1 Å². The molecule has 1 saturated carbocycles. The number of nitrogens with one attached hydrogen (secondary N) is 1. The summed E-state index contributed by atoms with van der Waals surface area (Å²) in [5.74, 6) is 1.26. The lowest BCUT2D eigenvalue weighted by Gasteiger charge is -2.23. The van der Waals surface area contributed by atoms with Crippen LogP contribution >= 0.6 is 0 Å². The van der Waals surface area contributed by atoms with Gasteiger partial charge in [-0.15, -0.1) is 0 Å². The van der Waals surface area contributed by atoms with Gasteiger partial charge in [0.15, 0.2) is 5.82 Å². The Labute approximate surface area is 249 Å². The van der Waals surface area contributed by atoms with Crippen LogP contribution < -0.4 is 10.2 Å². The fourth-order valence-electron chi connectivity index (χ4n) is 5.78. The number of benzene rings is 2. The first-order valence-corrected chi connectivity index (χ1v) is 16.1. The van der Waals surface area contributed by atoms with Crippen molar-refractivity contribution in [3.05, 3.63) is 59.4 Å². The minimum Gasteiger partial charge on any atom is -0.377 e. The predicted molar refractivity (Wildman–Crippen MR) is 163 cm³/mol. The number of aliphatic imine (C=N–C) groups is 1. The zero-order valence-electron chi connectivity index (χ0n) is 24.5. The van der Waals surface area contributed by atoms with Crippen molar-refractivity contribution in [2.24, 2.45) is 4.99 Å². The quantitative estimate of drug-likeness (QED) is 0.297. The highest BCUT2D eigenvalue weighted by Gasteiger charge is 2.49. The van der Waals surface area contributed by atoms with Gasteiger partial charge in [0, 0.05) is 18.6 Å². The van der Waals surface area contributed by atoms with Gasteiger partial charge in [0.25, 0.3) is 15.9 Å². The number of amidine groups is 1. The molecule has 2 radical (unpaired) electrons. The Morgan fingerprint density at radius 2 is 1.88 bits per heavy atom. The first-order chi connectivity index (χ1) is 20.2. The second kappa shape index (κ2) is 12.4. The van der Waals surface area contributed by atoms with Crippen LogP contribution in [0.25, 0.3) is 11.1 Å². The molecular weight excluding hydrogens is 551 g/mol. The zero-order chi connectivity index (χ0) is 29.9. The van der Waals surface area contributed by atoms with E-state index in [1.54, 1.807) is 31.2 Å². The fraction of sp³-hybridized carbons (Fsp3) is 0.452. The van der Waals surface area contributed by atoms with Crippen LogP contribution in [0.3, 0.4) is 0 Å². The Balaban J connectivity index is 1.49. The molecule has 1 aliphatic heterocycles. The molecule has 0 saturated heterocycles. The number of amides is 1. The Morgan fingerprint density at radius 3 is 2.57 bits per heavy atom. The molecule has 9 nitrogen and oxygen atoms in total. The van der Waals surface area contributed by atoms with Gasteiger partial charge >= 0.3 is 0 Å². The summed E-state index contributed by atoms with van der Waals surface area (Å²) in [5.41, 5.74) is 2.53. The number of ether oxygens (including phenoxy) is 1. The van der Waals surface area contributed by atoms with E-state index < -0.39 is 15.6 Å². The zero-order valence-corrected chi connectivity index (χ0v) is 25.3. The number of hydrogen-bond acceptors (Lipinski definition) is 7. The van der Waals surface area contributed by atoms with Crippen molar-refractivity contribution in [3.8, 4) is 11.1 Å². The van der Waals surface area contributed by atoms with Crippen molar-refractivity contribution in [2.75, 3.05) is 11.3 Å². The van der Waals surface area contributed by atoms with E-state index in [0.29, 0.717) is 24.5 Å². The van der Waals surface area contributed by atoms with Crippen LogP contribution in [0.5, 0.6) is 0 Å². The molecule has 0 unspecified atom stereocenters. The second-order valence-corrected chi connectivity index (χ2v) is 12.6. The fourth-order valence-corrected chi connectivity index (χ4v) is 7.02. The van der Waals surface area contributed by atoms with Crippen LogP contribution in [-0.2, 0) is 32.7 Å². The van der Waals surface area contributed by atoms with Gasteiger partial charge in [-0.05, 0) is 61.3 Å². The maximum absolute atomic E-state index is 13.7. The van der Waals surface area contributed by atoms with Gasteiger partial charge in [0.1, 0.15) is 25.0 Å². The highest BCUT2D eigenvalue weighted by Crippen LogP contribution is 2.40. The Hall–Kier alpha value is -3.44. The number of nitrogens with zero attached hydrogens (tertiary/aromatic N) is 3. The van der Waals surface area contributed by atoms with Crippen LogP contribution in [0, 0.1) is 6.92 Å². The summed E-state index contributed by atoms with van der Waals surface area (Å²) in [6.45, 7) is 6.85. The highest BCUT2D eigenvalue weighted by atomic mass is 32.2. The summed E-state index contributed by atoms with van der Waals surface area (Å²) >= 11 is 0. The van der Waals surface area contributed by atoms with Crippen LogP contribution in [0.2, 0.25) is 0 Å².